The van der Waals surface area contributed by atoms with Crippen LogP contribution in [0.3, 0.4) is 0 Å². The standard InChI is InChI=1S/C12H8BrClN2O3/c1-7-9(13)3-5-12(15-7)19-11-6-8(16(17)18)2-4-10(11)14/h2-6H,1H3. The van der Waals surface area contributed by atoms with Gasteiger partial charge in [-0.15, -0.1) is 0 Å². The van der Waals surface area contributed by atoms with Gasteiger partial charge in [-0.25, -0.2) is 4.98 Å². The maximum Gasteiger partial charge on any atom is 0.273 e. The summed E-state index contributed by atoms with van der Waals surface area (Å²) in [5, 5.41) is 11.0. The third kappa shape index (κ3) is 3.21. The van der Waals surface area contributed by atoms with Crippen molar-refractivity contribution in [2.75, 3.05) is 0 Å². The minimum Gasteiger partial charge on any atom is -0.437 e. The monoisotopic (exact) mass is 342 g/mol. The third-order valence-corrected chi connectivity index (χ3v) is 3.49. The first-order valence-corrected chi connectivity index (χ1v) is 6.39. The lowest BCUT2D eigenvalue weighted by Crippen LogP contribution is -1.93. The highest BCUT2D eigenvalue weighted by molar-refractivity contribution is 9.10. The zero-order valence-electron chi connectivity index (χ0n) is 9.76. The van der Waals surface area contributed by atoms with Crippen molar-refractivity contribution >= 4 is 33.2 Å². The van der Waals surface area contributed by atoms with Crippen molar-refractivity contribution in [2.45, 2.75) is 6.92 Å². The number of aromatic nitrogens is 1. The molecule has 7 heteroatoms. The number of nitrogens with zero attached hydrogens (tertiary/aromatic N) is 2. The van der Waals surface area contributed by atoms with Gasteiger partial charge in [-0.05, 0) is 35.0 Å². The first-order valence-electron chi connectivity index (χ1n) is 5.22. The molecule has 0 aliphatic heterocycles. The van der Waals surface area contributed by atoms with Gasteiger partial charge in [0.15, 0.2) is 5.75 Å². The Balaban J connectivity index is 2.34. The fourth-order valence-corrected chi connectivity index (χ4v) is 1.75. The number of non-ortho nitro benzene ring substituents is 1. The number of nitro benzene ring substituents is 1. The molecule has 0 aliphatic rings. The normalized spacial score (nSPS) is 10.3. The van der Waals surface area contributed by atoms with Crippen molar-refractivity contribution in [3.8, 4) is 11.6 Å². The quantitative estimate of drug-likeness (QED) is 0.607. The Morgan fingerprint density at radius 1 is 1.37 bits per heavy atom. The summed E-state index contributed by atoms with van der Waals surface area (Å²) in [5.41, 5.74) is 0.660. The lowest BCUT2D eigenvalue weighted by atomic mass is 10.3. The number of benzene rings is 1. The molecule has 0 N–H and O–H groups in total. The van der Waals surface area contributed by atoms with E-state index in [4.69, 9.17) is 16.3 Å². The molecule has 1 aromatic heterocycles. The van der Waals surface area contributed by atoms with Crippen LogP contribution in [0.2, 0.25) is 5.02 Å². The zero-order valence-corrected chi connectivity index (χ0v) is 12.1. The van der Waals surface area contributed by atoms with E-state index in [0.29, 0.717) is 5.88 Å². The molecule has 0 radical (unpaired) electrons. The molecule has 0 aliphatic carbocycles. The maximum atomic E-state index is 10.7. The Morgan fingerprint density at radius 3 is 2.74 bits per heavy atom. The van der Waals surface area contributed by atoms with Crippen molar-refractivity contribution in [3.63, 3.8) is 0 Å². The van der Waals surface area contributed by atoms with Gasteiger partial charge in [0.2, 0.25) is 5.88 Å². The van der Waals surface area contributed by atoms with Gasteiger partial charge in [0.25, 0.3) is 5.69 Å². The van der Waals surface area contributed by atoms with Crippen LogP contribution in [0.15, 0.2) is 34.8 Å². The molecule has 0 saturated heterocycles. The van der Waals surface area contributed by atoms with Crippen LogP contribution in [0, 0.1) is 17.0 Å². The topological polar surface area (TPSA) is 65.3 Å². The Kier molecular flexibility index (Phi) is 4.01. The number of halogens is 2. The maximum absolute atomic E-state index is 10.7. The lowest BCUT2D eigenvalue weighted by molar-refractivity contribution is -0.384. The lowest BCUT2D eigenvalue weighted by Gasteiger charge is -2.07. The van der Waals surface area contributed by atoms with Crippen LogP contribution in [-0.4, -0.2) is 9.91 Å². The minimum atomic E-state index is -0.510. The summed E-state index contributed by atoms with van der Waals surface area (Å²) < 4.78 is 6.32. The van der Waals surface area contributed by atoms with Gasteiger partial charge < -0.3 is 4.74 Å². The summed E-state index contributed by atoms with van der Waals surface area (Å²) in [4.78, 5) is 14.4. The molecule has 0 spiro atoms. The minimum absolute atomic E-state index is 0.0896. The number of nitro groups is 1. The summed E-state index contributed by atoms with van der Waals surface area (Å²) >= 11 is 9.26. The molecule has 0 atom stereocenters. The van der Waals surface area contributed by atoms with E-state index in [1.165, 1.54) is 18.2 Å². The fraction of sp³-hybridized carbons (Fsp3) is 0.0833. The Morgan fingerprint density at radius 2 is 2.11 bits per heavy atom. The molecule has 1 aromatic carbocycles. The predicted octanol–water partition coefficient (Wildman–Crippen LogP) is 4.51. The summed E-state index contributed by atoms with van der Waals surface area (Å²) in [6.07, 6.45) is 0. The Hall–Kier alpha value is -1.66. The molecule has 0 unspecified atom stereocenters. The highest BCUT2D eigenvalue weighted by atomic mass is 79.9. The molecular formula is C12H8BrClN2O3. The molecule has 2 rings (SSSR count). The SMILES string of the molecule is Cc1nc(Oc2cc([N+](=O)[O-])ccc2Cl)ccc1Br. The van der Waals surface area contributed by atoms with Crippen LogP contribution in [0.1, 0.15) is 5.69 Å². The van der Waals surface area contributed by atoms with E-state index >= 15 is 0 Å². The summed E-state index contributed by atoms with van der Waals surface area (Å²) in [6, 6.07) is 7.42. The zero-order chi connectivity index (χ0) is 14.0. The number of hydrogen-bond acceptors (Lipinski definition) is 4. The molecule has 2 aromatic rings. The van der Waals surface area contributed by atoms with Gasteiger partial charge in [-0.3, -0.25) is 10.1 Å². The van der Waals surface area contributed by atoms with E-state index in [1.54, 1.807) is 12.1 Å². The number of ether oxygens (including phenoxy) is 1. The molecule has 5 nitrogen and oxygen atoms in total. The first-order chi connectivity index (χ1) is 8.97. The second-order valence-electron chi connectivity index (χ2n) is 3.69. The molecular weight excluding hydrogens is 335 g/mol. The van der Waals surface area contributed by atoms with Crippen molar-refractivity contribution < 1.29 is 9.66 Å². The van der Waals surface area contributed by atoms with E-state index in [2.05, 4.69) is 20.9 Å². The summed E-state index contributed by atoms with van der Waals surface area (Å²) in [7, 11) is 0. The van der Waals surface area contributed by atoms with Crippen LogP contribution >= 0.6 is 27.5 Å². The van der Waals surface area contributed by atoms with Gasteiger partial charge >= 0.3 is 0 Å². The van der Waals surface area contributed by atoms with E-state index in [0.717, 1.165) is 10.2 Å². The highest BCUT2D eigenvalue weighted by Gasteiger charge is 2.12. The number of rotatable bonds is 3. The number of aryl methyl sites for hydroxylation is 1. The number of pyridine rings is 1. The summed E-state index contributed by atoms with van der Waals surface area (Å²) in [5.74, 6) is 0.521. The van der Waals surface area contributed by atoms with E-state index < -0.39 is 4.92 Å². The largest absolute Gasteiger partial charge is 0.437 e. The molecule has 0 bridgehead atoms. The molecule has 0 saturated carbocycles. The predicted molar refractivity (Wildman–Crippen MR) is 74.9 cm³/mol. The van der Waals surface area contributed by atoms with Crippen LogP contribution in [0.5, 0.6) is 11.6 Å². The van der Waals surface area contributed by atoms with Crippen LogP contribution < -0.4 is 4.74 Å². The van der Waals surface area contributed by atoms with Gasteiger partial charge in [0.05, 0.1) is 21.7 Å². The second kappa shape index (κ2) is 5.54. The van der Waals surface area contributed by atoms with Crippen molar-refractivity contribution in [2.24, 2.45) is 0 Å². The molecule has 0 amide bonds. The first kappa shape index (κ1) is 13.8. The second-order valence-corrected chi connectivity index (χ2v) is 4.95. The molecule has 0 fully saturated rings. The smallest absolute Gasteiger partial charge is 0.273 e. The highest BCUT2D eigenvalue weighted by Crippen LogP contribution is 2.32. The molecule has 98 valence electrons. The average Bonchev–Trinajstić information content (AvgIpc) is 2.36. The van der Waals surface area contributed by atoms with Crippen molar-refractivity contribution in [3.05, 3.63) is 55.6 Å². The molecule has 1 heterocycles. The van der Waals surface area contributed by atoms with Crippen molar-refractivity contribution in [1.29, 1.82) is 0 Å². The third-order valence-electron chi connectivity index (χ3n) is 2.34. The average molecular weight is 344 g/mol. The number of hydrogen-bond donors (Lipinski definition) is 0. The van der Waals surface area contributed by atoms with Gasteiger partial charge in [0, 0.05) is 16.6 Å². The van der Waals surface area contributed by atoms with Gasteiger partial charge in [0.1, 0.15) is 0 Å². The van der Waals surface area contributed by atoms with Crippen molar-refractivity contribution in [1.82, 2.24) is 4.98 Å². The Bertz CT molecular complexity index is 649. The van der Waals surface area contributed by atoms with Gasteiger partial charge in [-0.2, -0.15) is 0 Å². The van der Waals surface area contributed by atoms with E-state index in [9.17, 15) is 10.1 Å². The van der Waals surface area contributed by atoms with E-state index in [-0.39, 0.29) is 16.5 Å². The van der Waals surface area contributed by atoms with Gasteiger partial charge in [-0.1, -0.05) is 11.6 Å². The Labute approximate surface area is 122 Å². The molecule has 19 heavy (non-hydrogen) atoms. The fourth-order valence-electron chi connectivity index (χ4n) is 1.37. The van der Waals surface area contributed by atoms with E-state index in [1.807, 2.05) is 6.92 Å². The summed E-state index contributed by atoms with van der Waals surface area (Å²) in [6.45, 7) is 1.81. The van der Waals surface area contributed by atoms with Crippen LogP contribution in [0.25, 0.3) is 0 Å². The van der Waals surface area contributed by atoms with Crippen LogP contribution in [0.4, 0.5) is 5.69 Å². The van der Waals surface area contributed by atoms with Crippen LogP contribution in [-0.2, 0) is 0 Å².